The quantitative estimate of drug-likeness (QED) is 0.879. The Morgan fingerprint density at radius 2 is 1.78 bits per heavy atom. The third-order valence-corrected chi connectivity index (χ3v) is 4.19. The zero-order valence-electron chi connectivity index (χ0n) is 11.1. The highest BCUT2D eigenvalue weighted by Gasteiger charge is 2.25. The van der Waals surface area contributed by atoms with Crippen LogP contribution in [0.1, 0.15) is 44.6 Å². The van der Waals surface area contributed by atoms with Crippen molar-refractivity contribution in [3.63, 3.8) is 0 Å². The molecule has 98 valence electrons. The van der Waals surface area contributed by atoms with Gasteiger partial charge in [-0.3, -0.25) is 4.79 Å². The van der Waals surface area contributed by atoms with E-state index in [9.17, 15) is 9.90 Å². The molecule has 0 radical (unpaired) electrons. The van der Waals surface area contributed by atoms with Gasteiger partial charge < -0.3 is 5.11 Å². The molecule has 1 aromatic carbocycles. The van der Waals surface area contributed by atoms with Gasteiger partial charge in [0.05, 0.1) is 0 Å². The maximum atomic E-state index is 12.2. The highest BCUT2D eigenvalue weighted by Crippen LogP contribution is 2.31. The van der Waals surface area contributed by atoms with Crippen LogP contribution in [-0.2, 0) is 11.2 Å². The highest BCUT2D eigenvalue weighted by molar-refractivity contribution is 5.83. The molecule has 0 heterocycles. The van der Waals surface area contributed by atoms with Crippen molar-refractivity contribution in [1.29, 1.82) is 0 Å². The fourth-order valence-corrected chi connectivity index (χ4v) is 2.85. The molecule has 0 amide bonds. The normalized spacial score (nSPS) is 23.8. The predicted molar refractivity (Wildman–Crippen MR) is 72.6 cm³/mol. The summed E-state index contributed by atoms with van der Waals surface area (Å²) in [5, 5.41) is 9.21. The van der Waals surface area contributed by atoms with Crippen molar-refractivity contribution >= 4 is 5.78 Å². The lowest BCUT2D eigenvalue weighted by molar-refractivity contribution is -0.123. The number of hydrogen-bond acceptors (Lipinski definition) is 2. The molecule has 2 rings (SSSR count). The molecule has 2 heteroatoms. The molecule has 0 spiro atoms. The second kappa shape index (κ2) is 6.03. The standard InChI is InChI=1S/C16H22O2/c1-2-12-3-7-14(8-4-12)16(18)11-13-5-9-15(17)10-6-13/h5-6,9-10,12,14,17H,2-4,7-8,11H2,1H3. The van der Waals surface area contributed by atoms with E-state index in [1.165, 1.54) is 19.3 Å². The molecule has 18 heavy (non-hydrogen) atoms. The summed E-state index contributed by atoms with van der Waals surface area (Å²) in [5.74, 6) is 1.73. The number of aromatic hydroxyl groups is 1. The number of ketones is 1. The summed E-state index contributed by atoms with van der Waals surface area (Å²) in [6.07, 6.45) is 6.32. The average molecular weight is 246 g/mol. The van der Waals surface area contributed by atoms with E-state index in [0.29, 0.717) is 12.2 Å². The summed E-state index contributed by atoms with van der Waals surface area (Å²) in [5.41, 5.74) is 1.01. The number of phenolic OH excluding ortho intramolecular Hbond substituents is 1. The number of carbonyl (C=O) groups is 1. The SMILES string of the molecule is CCC1CCC(C(=O)Cc2ccc(O)cc2)CC1. The highest BCUT2D eigenvalue weighted by atomic mass is 16.3. The van der Waals surface area contributed by atoms with Crippen LogP contribution < -0.4 is 0 Å². The van der Waals surface area contributed by atoms with Gasteiger partial charge >= 0.3 is 0 Å². The van der Waals surface area contributed by atoms with Crippen LogP contribution >= 0.6 is 0 Å². The van der Waals surface area contributed by atoms with Crippen LogP contribution in [0.15, 0.2) is 24.3 Å². The first kappa shape index (κ1) is 13.1. The van der Waals surface area contributed by atoms with Gasteiger partial charge in [-0.2, -0.15) is 0 Å². The Balaban J connectivity index is 1.87. The second-order valence-corrected chi connectivity index (χ2v) is 5.44. The number of phenols is 1. The monoisotopic (exact) mass is 246 g/mol. The molecule has 0 unspecified atom stereocenters. The van der Waals surface area contributed by atoms with Crippen molar-refractivity contribution in [3.8, 4) is 5.75 Å². The van der Waals surface area contributed by atoms with Crippen molar-refractivity contribution in [2.45, 2.75) is 45.4 Å². The van der Waals surface area contributed by atoms with E-state index in [4.69, 9.17) is 0 Å². The van der Waals surface area contributed by atoms with Crippen LogP contribution in [0.3, 0.4) is 0 Å². The van der Waals surface area contributed by atoms with Gasteiger partial charge in [-0.25, -0.2) is 0 Å². The fraction of sp³-hybridized carbons (Fsp3) is 0.562. The van der Waals surface area contributed by atoms with Crippen LogP contribution in [0.2, 0.25) is 0 Å². The van der Waals surface area contributed by atoms with Gasteiger partial charge in [0.2, 0.25) is 0 Å². The Morgan fingerprint density at radius 3 is 2.33 bits per heavy atom. The molecule has 1 fully saturated rings. The molecule has 1 aliphatic carbocycles. The summed E-state index contributed by atoms with van der Waals surface area (Å²) < 4.78 is 0. The van der Waals surface area contributed by atoms with E-state index in [1.54, 1.807) is 12.1 Å². The Morgan fingerprint density at radius 1 is 1.17 bits per heavy atom. The molecular formula is C16H22O2. The smallest absolute Gasteiger partial charge is 0.140 e. The molecule has 1 aromatic rings. The summed E-state index contributed by atoms with van der Waals surface area (Å²) in [4.78, 5) is 12.2. The first-order valence-electron chi connectivity index (χ1n) is 6.99. The van der Waals surface area contributed by atoms with Crippen LogP contribution in [0, 0.1) is 11.8 Å². The van der Waals surface area contributed by atoms with Crippen LogP contribution in [0.4, 0.5) is 0 Å². The van der Waals surface area contributed by atoms with Gasteiger partial charge in [0, 0.05) is 12.3 Å². The van der Waals surface area contributed by atoms with Crippen molar-refractivity contribution in [3.05, 3.63) is 29.8 Å². The third kappa shape index (κ3) is 3.34. The Labute approximate surface area is 109 Å². The number of hydrogen-bond donors (Lipinski definition) is 1. The molecular weight excluding hydrogens is 224 g/mol. The van der Waals surface area contributed by atoms with Gasteiger partial charge in [0.1, 0.15) is 11.5 Å². The Hall–Kier alpha value is -1.31. The lowest BCUT2D eigenvalue weighted by atomic mass is 9.78. The van der Waals surface area contributed by atoms with E-state index in [-0.39, 0.29) is 11.7 Å². The maximum Gasteiger partial charge on any atom is 0.140 e. The lowest BCUT2D eigenvalue weighted by Crippen LogP contribution is -2.23. The van der Waals surface area contributed by atoms with E-state index < -0.39 is 0 Å². The summed E-state index contributed by atoms with van der Waals surface area (Å²) in [6, 6.07) is 6.98. The van der Waals surface area contributed by atoms with E-state index in [2.05, 4.69) is 6.92 Å². The van der Waals surface area contributed by atoms with E-state index in [1.807, 2.05) is 12.1 Å². The summed E-state index contributed by atoms with van der Waals surface area (Å²) in [7, 11) is 0. The zero-order chi connectivity index (χ0) is 13.0. The third-order valence-electron chi connectivity index (χ3n) is 4.19. The minimum absolute atomic E-state index is 0.259. The number of benzene rings is 1. The molecule has 0 saturated heterocycles. The average Bonchev–Trinajstić information content (AvgIpc) is 2.41. The minimum atomic E-state index is 0.259. The maximum absolute atomic E-state index is 12.2. The molecule has 0 aliphatic heterocycles. The van der Waals surface area contributed by atoms with Gasteiger partial charge in [-0.05, 0) is 49.3 Å². The van der Waals surface area contributed by atoms with Crippen molar-refractivity contribution in [2.24, 2.45) is 11.8 Å². The zero-order valence-corrected chi connectivity index (χ0v) is 11.1. The predicted octanol–water partition coefficient (Wildman–Crippen LogP) is 3.72. The van der Waals surface area contributed by atoms with Crippen LogP contribution in [0.5, 0.6) is 5.75 Å². The molecule has 1 aliphatic rings. The first-order chi connectivity index (χ1) is 8.69. The van der Waals surface area contributed by atoms with E-state index >= 15 is 0 Å². The molecule has 0 aromatic heterocycles. The van der Waals surface area contributed by atoms with Gasteiger partial charge in [-0.15, -0.1) is 0 Å². The Bertz CT molecular complexity index is 386. The number of Topliss-reactive ketones (excluding diaryl/α,β-unsaturated/α-hetero) is 1. The topological polar surface area (TPSA) is 37.3 Å². The van der Waals surface area contributed by atoms with E-state index in [0.717, 1.165) is 24.3 Å². The molecule has 0 bridgehead atoms. The van der Waals surface area contributed by atoms with Gasteiger partial charge in [-0.1, -0.05) is 25.5 Å². The van der Waals surface area contributed by atoms with Gasteiger partial charge in [0.15, 0.2) is 0 Å². The molecule has 0 atom stereocenters. The van der Waals surface area contributed by atoms with Crippen LogP contribution in [-0.4, -0.2) is 10.9 Å². The van der Waals surface area contributed by atoms with Crippen LogP contribution in [0.25, 0.3) is 0 Å². The molecule has 1 N–H and O–H groups in total. The second-order valence-electron chi connectivity index (χ2n) is 5.44. The molecule has 2 nitrogen and oxygen atoms in total. The van der Waals surface area contributed by atoms with Crippen molar-refractivity contribution in [1.82, 2.24) is 0 Å². The minimum Gasteiger partial charge on any atom is -0.508 e. The van der Waals surface area contributed by atoms with Gasteiger partial charge in [0.25, 0.3) is 0 Å². The fourth-order valence-electron chi connectivity index (χ4n) is 2.85. The number of carbonyl (C=O) groups excluding carboxylic acids is 1. The lowest BCUT2D eigenvalue weighted by Gasteiger charge is -2.26. The van der Waals surface area contributed by atoms with Crippen molar-refractivity contribution < 1.29 is 9.90 Å². The number of rotatable bonds is 4. The summed E-state index contributed by atoms with van der Waals surface area (Å²) >= 11 is 0. The van der Waals surface area contributed by atoms with Crippen molar-refractivity contribution in [2.75, 3.05) is 0 Å². The molecule has 1 saturated carbocycles. The first-order valence-corrected chi connectivity index (χ1v) is 6.99. The largest absolute Gasteiger partial charge is 0.508 e. The Kier molecular flexibility index (Phi) is 4.40. The summed E-state index contributed by atoms with van der Waals surface area (Å²) in [6.45, 7) is 2.24.